The normalized spacial score (nSPS) is 15.1. The molecule has 1 aliphatic rings. The van der Waals surface area contributed by atoms with Crippen molar-refractivity contribution in [3.8, 4) is 0 Å². The lowest BCUT2D eigenvalue weighted by molar-refractivity contribution is 0.239. The molecule has 4 heteroatoms. The van der Waals surface area contributed by atoms with Crippen LogP contribution in [0.3, 0.4) is 0 Å². The first-order valence-corrected chi connectivity index (χ1v) is 7.68. The summed E-state index contributed by atoms with van der Waals surface area (Å²) < 4.78 is 0. The summed E-state index contributed by atoms with van der Waals surface area (Å²) in [5.74, 6) is 0. The summed E-state index contributed by atoms with van der Waals surface area (Å²) in [7, 11) is 0. The van der Waals surface area contributed by atoms with Crippen molar-refractivity contribution in [1.29, 1.82) is 0 Å². The number of carbonyl (C=O) groups excluding carboxylic acids is 1. The van der Waals surface area contributed by atoms with Gasteiger partial charge in [0.15, 0.2) is 0 Å². The van der Waals surface area contributed by atoms with Gasteiger partial charge in [0.2, 0.25) is 0 Å². The van der Waals surface area contributed by atoms with Gasteiger partial charge in [0.1, 0.15) is 0 Å². The second-order valence-corrected chi connectivity index (χ2v) is 5.95. The van der Waals surface area contributed by atoms with Gasteiger partial charge in [-0.15, -0.1) is 0 Å². The number of aromatic nitrogens is 1. The van der Waals surface area contributed by atoms with E-state index in [1.165, 1.54) is 5.56 Å². The minimum Gasteiger partial charge on any atom is -0.337 e. The lowest BCUT2D eigenvalue weighted by Gasteiger charge is -2.17. The van der Waals surface area contributed by atoms with Crippen LogP contribution in [0.4, 0.5) is 4.79 Å². The maximum atomic E-state index is 12.0. The van der Waals surface area contributed by atoms with E-state index in [1.807, 2.05) is 31.2 Å². The maximum Gasteiger partial charge on any atom is 0.315 e. The maximum absolute atomic E-state index is 12.0. The van der Waals surface area contributed by atoms with E-state index in [9.17, 15) is 4.79 Å². The number of nitrogens with one attached hydrogen (secondary N) is 2. The minimum atomic E-state index is -0.134. The van der Waals surface area contributed by atoms with Gasteiger partial charge >= 0.3 is 6.03 Å². The molecule has 1 fully saturated rings. The Morgan fingerprint density at radius 1 is 1.09 bits per heavy atom. The van der Waals surface area contributed by atoms with E-state index in [0.29, 0.717) is 13.1 Å². The Bertz CT molecular complexity index is 650. The van der Waals surface area contributed by atoms with Crippen LogP contribution in [-0.4, -0.2) is 17.6 Å². The highest BCUT2D eigenvalue weighted by Crippen LogP contribution is 2.47. The van der Waals surface area contributed by atoms with Gasteiger partial charge in [-0.3, -0.25) is 4.98 Å². The number of carbonyl (C=O) groups is 1. The van der Waals surface area contributed by atoms with Gasteiger partial charge in [-0.05, 0) is 37.5 Å². The third kappa shape index (κ3) is 3.45. The number of aryl methyl sites for hydroxylation is 1. The summed E-state index contributed by atoms with van der Waals surface area (Å²) in [5, 5.41) is 5.86. The number of rotatable bonds is 5. The van der Waals surface area contributed by atoms with Gasteiger partial charge in [0.05, 0.1) is 12.2 Å². The lowest BCUT2D eigenvalue weighted by atomic mass is 9.96. The molecular formula is C18H21N3O. The van der Waals surface area contributed by atoms with Crippen molar-refractivity contribution >= 4 is 6.03 Å². The average molecular weight is 295 g/mol. The van der Waals surface area contributed by atoms with Crippen LogP contribution in [0.15, 0.2) is 48.5 Å². The van der Waals surface area contributed by atoms with Gasteiger partial charge in [-0.25, -0.2) is 4.79 Å². The standard InChI is InChI=1S/C18H21N3O/c1-14-6-5-9-16(21-14)12-19-17(22)20-13-18(10-11-18)15-7-3-2-4-8-15/h2-9H,10-13H2,1H3,(H2,19,20,22). The number of hydrogen-bond acceptors (Lipinski definition) is 2. The van der Waals surface area contributed by atoms with Crippen LogP contribution in [0.5, 0.6) is 0 Å². The summed E-state index contributed by atoms with van der Waals surface area (Å²) in [4.78, 5) is 16.3. The van der Waals surface area contributed by atoms with E-state index < -0.39 is 0 Å². The van der Waals surface area contributed by atoms with Gasteiger partial charge < -0.3 is 10.6 Å². The topological polar surface area (TPSA) is 54.0 Å². The lowest BCUT2D eigenvalue weighted by Crippen LogP contribution is -2.39. The van der Waals surface area contributed by atoms with Crippen LogP contribution in [0.2, 0.25) is 0 Å². The molecule has 0 saturated heterocycles. The van der Waals surface area contributed by atoms with E-state index in [2.05, 4.69) is 39.9 Å². The van der Waals surface area contributed by atoms with Crippen LogP contribution < -0.4 is 10.6 Å². The Balaban J connectivity index is 1.49. The van der Waals surface area contributed by atoms with Crippen LogP contribution in [0.25, 0.3) is 0 Å². The quantitative estimate of drug-likeness (QED) is 0.891. The fourth-order valence-electron chi connectivity index (χ4n) is 2.69. The average Bonchev–Trinajstić information content (AvgIpc) is 3.33. The number of amides is 2. The molecule has 4 nitrogen and oxygen atoms in total. The Morgan fingerprint density at radius 3 is 2.55 bits per heavy atom. The Morgan fingerprint density at radius 2 is 1.86 bits per heavy atom. The Labute approximate surface area is 131 Å². The number of pyridine rings is 1. The largest absolute Gasteiger partial charge is 0.337 e. The molecule has 22 heavy (non-hydrogen) atoms. The molecule has 0 atom stereocenters. The predicted octanol–water partition coefficient (Wildman–Crippen LogP) is 2.92. The molecule has 0 aliphatic heterocycles. The first-order chi connectivity index (χ1) is 10.7. The molecule has 1 aromatic carbocycles. The monoisotopic (exact) mass is 295 g/mol. The van der Waals surface area contributed by atoms with Crippen molar-refractivity contribution in [2.45, 2.75) is 31.7 Å². The summed E-state index contributed by atoms with van der Waals surface area (Å²) >= 11 is 0. The van der Waals surface area contributed by atoms with Crippen molar-refractivity contribution in [2.75, 3.05) is 6.54 Å². The first-order valence-electron chi connectivity index (χ1n) is 7.68. The summed E-state index contributed by atoms with van der Waals surface area (Å²) in [6.45, 7) is 3.08. The van der Waals surface area contributed by atoms with E-state index in [-0.39, 0.29) is 11.4 Å². The second kappa shape index (κ2) is 6.18. The SMILES string of the molecule is Cc1cccc(CNC(=O)NCC2(c3ccccc3)CC2)n1. The summed E-state index contributed by atoms with van der Waals surface area (Å²) in [6, 6.07) is 16.1. The van der Waals surface area contributed by atoms with Crippen molar-refractivity contribution < 1.29 is 4.79 Å². The van der Waals surface area contributed by atoms with E-state index >= 15 is 0 Å². The van der Waals surface area contributed by atoms with Crippen molar-refractivity contribution in [2.24, 2.45) is 0 Å². The molecule has 0 radical (unpaired) electrons. The molecule has 114 valence electrons. The number of hydrogen-bond donors (Lipinski definition) is 2. The molecule has 2 N–H and O–H groups in total. The van der Waals surface area contributed by atoms with E-state index in [0.717, 1.165) is 24.2 Å². The Kier molecular flexibility index (Phi) is 4.09. The van der Waals surface area contributed by atoms with Crippen molar-refractivity contribution in [1.82, 2.24) is 15.6 Å². The molecule has 2 aromatic rings. The molecule has 1 saturated carbocycles. The highest BCUT2D eigenvalue weighted by molar-refractivity contribution is 5.74. The molecule has 3 rings (SSSR count). The zero-order valence-corrected chi connectivity index (χ0v) is 12.8. The molecule has 0 bridgehead atoms. The van der Waals surface area contributed by atoms with E-state index in [1.54, 1.807) is 0 Å². The zero-order chi connectivity index (χ0) is 15.4. The fraction of sp³-hybridized carbons (Fsp3) is 0.333. The smallest absolute Gasteiger partial charge is 0.315 e. The molecule has 0 unspecified atom stereocenters. The molecular weight excluding hydrogens is 274 g/mol. The van der Waals surface area contributed by atoms with Gasteiger partial charge in [0.25, 0.3) is 0 Å². The fourth-order valence-corrected chi connectivity index (χ4v) is 2.69. The van der Waals surface area contributed by atoms with Crippen LogP contribution in [-0.2, 0) is 12.0 Å². The van der Waals surface area contributed by atoms with Crippen molar-refractivity contribution in [3.05, 3.63) is 65.5 Å². The van der Waals surface area contributed by atoms with Crippen molar-refractivity contribution in [3.63, 3.8) is 0 Å². The number of nitrogens with zero attached hydrogens (tertiary/aromatic N) is 1. The molecule has 1 aliphatic carbocycles. The predicted molar refractivity (Wildman–Crippen MR) is 86.6 cm³/mol. The highest BCUT2D eigenvalue weighted by atomic mass is 16.2. The number of urea groups is 1. The highest BCUT2D eigenvalue weighted by Gasteiger charge is 2.44. The van der Waals surface area contributed by atoms with Crippen LogP contribution in [0, 0.1) is 6.92 Å². The minimum absolute atomic E-state index is 0.134. The molecule has 1 aromatic heterocycles. The van der Waals surface area contributed by atoms with Gasteiger partial charge in [0, 0.05) is 17.7 Å². The summed E-state index contributed by atoms with van der Waals surface area (Å²) in [6.07, 6.45) is 2.27. The summed E-state index contributed by atoms with van der Waals surface area (Å²) in [5.41, 5.74) is 3.29. The van der Waals surface area contributed by atoms with Crippen LogP contribution in [0.1, 0.15) is 29.8 Å². The van der Waals surface area contributed by atoms with Crippen LogP contribution >= 0.6 is 0 Å². The first kappa shape index (κ1) is 14.6. The molecule has 1 heterocycles. The van der Waals surface area contributed by atoms with Gasteiger partial charge in [-0.1, -0.05) is 36.4 Å². The zero-order valence-electron chi connectivity index (χ0n) is 12.8. The third-order valence-corrected chi connectivity index (χ3v) is 4.20. The Hall–Kier alpha value is -2.36. The van der Waals surface area contributed by atoms with E-state index in [4.69, 9.17) is 0 Å². The molecule has 2 amide bonds. The molecule has 0 spiro atoms. The van der Waals surface area contributed by atoms with Gasteiger partial charge in [-0.2, -0.15) is 0 Å². The number of benzene rings is 1. The second-order valence-electron chi connectivity index (χ2n) is 5.95. The third-order valence-electron chi connectivity index (χ3n) is 4.20.